The van der Waals surface area contributed by atoms with Gasteiger partial charge in [0.05, 0.1) is 0 Å². The Hall–Kier alpha value is -1.11. The van der Waals surface area contributed by atoms with Crippen LogP contribution in [-0.4, -0.2) is 0 Å². The van der Waals surface area contributed by atoms with Crippen molar-refractivity contribution in [3.63, 3.8) is 0 Å². The van der Waals surface area contributed by atoms with Gasteiger partial charge in [-0.25, -0.2) is 4.39 Å². The Morgan fingerprint density at radius 3 is 1.92 bits per heavy atom. The minimum absolute atomic E-state index is 0.101. The third-order valence-electron chi connectivity index (χ3n) is 4.36. The number of unbranched alkanes of at least 4 members (excludes halogenated alkanes) is 1. The topological polar surface area (TPSA) is 0 Å². The molecule has 0 saturated carbocycles. The van der Waals surface area contributed by atoms with Crippen LogP contribution in [0, 0.1) is 18.2 Å². The van der Waals surface area contributed by atoms with Crippen molar-refractivity contribution in [3.05, 3.63) is 46.8 Å². The van der Waals surface area contributed by atoms with Crippen LogP contribution in [0.15, 0.2) is 29.8 Å². The van der Waals surface area contributed by atoms with Crippen molar-refractivity contribution in [2.45, 2.75) is 108 Å². The Morgan fingerprint density at radius 2 is 1.62 bits per heavy atom. The molecule has 0 saturated heterocycles. The summed E-state index contributed by atoms with van der Waals surface area (Å²) in [5.41, 5.74) is 3.84. The number of aryl methyl sites for hydroxylation is 1. The molecule has 1 aromatic rings. The molecular weight excluding hydrogens is 319 g/mol. The van der Waals surface area contributed by atoms with Crippen molar-refractivity contribution in [2.24, 2.45) is 5.41 Å². The van der Waals surface area contributed by atoms with Crippen LogP contribution >= 0.6 is 0 Å². The van der Waals surface area contributed by atoms with Gasteiger partial charge in [-0.15, -0.1) is 0 Å². The van der Waals surface area contributed by atoms with Crippen LogP contribution in [0.3, 0.4) is 0 Å². The highest BCUT2D eigenvalue weighted by Crippen LogP contribution is 2.24. The van der Waals surface area contributed by atoms with E-state index in [2.05, 4.69) is 54.5 Å². The average Bonchev–Trinajstić information content (AvgIpc) is 2.64. The van der Waals surface area contributed by atoms with E-state index in [4.69, 9.17) is 0 Å². The minimum Gasteiger partial charge on any atom is -0.207 e. The van der Waals surface area contributed by atoms with Gasteiger partial charge in [0.1, 0.15) is 5.82 Å². The maximum Gasteiger partial charge on any atom is 0.126 e. The molecule has 0 fully saturated rings. The molecule has 1 unspecified atom stereocenters. The Bertz CT molecular complexity index is 464. The summed E-state index contributed by atoms with van der Waals surface area (Å²) in [7, 11) is 0. The lowest BCUT2D eigenvalue weighted by Crippen LogP contribution is -2.05. The first-order valence-corrected chi connectivity index (χ1v) is 10.5. The molecule has 0 bridgehead atoms. The molecule has 0 aromatic heterocycles. The normalized spacial score (nSPS) is 11.8. The fraction of sp³-hybridized carbons (Fsp3) is 0.680. The van der Waals surface area contributed by atoms with Crippen molar-refractivity contribution >= 4 is 0 Å². The average molecular weight is 367 g/mol. The second-order valence-corrected chi connectivity index (χ2v) is 7.27. The van der Waals surface area contributed by atoms with E-state index in [1.807, 2.05) is 46.8 Å². The second-order valence-electron chi connectivity index (χ2n) is 7.27. The van der Waals surface area contributed by atoms with Crippen LogP contribution in [0.5, 0.6) is 0 Å². The standard InChI is InChI=1S/C13H19F.C8H16.2C2H6/c1-4-5-6-10(2)12-7-8-13(14)11(3)9-12;1-6-7(2)8(3,4)5;2*1-2/h7-10H,4-6H2,1-3H3;6H,1-5H3;2*1-2H3. The van der Waals surface area contributed by atoms with Gasteiger partial charge in [0.2, 0.25) is 0 Å². The summed E-state index contributed by atoms with van der Waals surface area (Å²) in [6, 6.07) is 5.45. The lowest BCUT2D eigenvalue weighted by Gasteiger charge is -2.18. The van der Waals surface area contributed by atoms with Gasteiger partial charge in [-0.05, 0) is 55.7 Å². The zero-order valence-corrected chi connectivity index (χ0v) is 19.9. The van der Waals surface area contributed by atoms with E-state index in [1.54, 1.807) is 6.07 Å². The first-order chi connectivity index (χ1) is 12.1. The summed E-state index contributed by atoms with van der Waals surface area (Å²) in [5, 5.41) is 0. The molecule has 1 atom stereocenters. The maximum atomic E-state index is 13.0. The zero-order valence-electron chi connectivity index (χ0n) is 19.9. The van der Waals surface area contributed by atoms with E-state index in [-0.39, 0.29) is 5.82 Å². The van der Waals surface area contributed by atoms with Gasteiger partial charge in [-0.3, -0.25) is 0 Å². The van der Waals surface area contributed by atoms with Crippen molar-refractivity contribution in [2.75, 3.05) is 0 Å². The van der Waals surface area contributed by atoms with Gasteiger partial charge in [0.15, 0.2) is 0 Å². The highest BCUT2D eigenvalue weighted by molar-refractivity contribution is 5.26. The molecule has 1 heteroatoms. The van der Waals surface area contributed by atoms with Gasteiger partial charge in [-0.1, -0.05) is 98.9 Å². The molecule has 0 aliphatic heterocycles. The Balaban J connectivity index is -0.000000377. The molecule has 154 valence electrons. The third kappa shape index (κ3) is 14.1. The summed E-state index contributed by atoms with van der Waals surface area (Å²) in [6.45, 7) is 25.2. The summed E-state index contributed by atoms with van der Waals surface area (Å²) >= 11 is 0. The zero-order chi connectivity index (χ0) is 21.3. The summed E-state index contributed by atoms with van der Waals surface area (Å²) in [6.07, 6.45) is 5.84. The van der Waals surface area contributed by atoms with Crippen molar-refractivity contribution in [1.82, 2.24) is 0 Å². The molecule has 0 radical (unpaired) electrons. The number of halogens is 1. The summed E-state index contributed by atoms with van der Waals surface area (Å²) in [5.74, 6) is 0.450. The predicted octanol–water partition coefficient (Wildman–Crippen LogP) is 9.48. The van der Waals surface area contributed by atoms with Crippen LogP contribution in [-0.2, 0) is 0 Å². The first-order valence-electron chi connectivity index (χ1n) is 10.5. The molecule has 0 nitrogen and oxygen atoms in total. The maximum absolute atomic E-state index is 13.0. The largest absolute Gasteiger partial charge is 0.207 e. The Kier molecular flexibility index (Phi) is 19.7. The number of benzene rings is 1. The van der Waals surface area contributed by atoms with Crippen LogP contribution < -0.4 is 0 Å². The fourth-order valence-electron chi connectivity index (χ4n) is 2.08. The lowest BCUT2D eigenvalue weighted by molar-refractivity contribution is 0.503. The molecule has 0 aliphatic carbocycles. The van der Waals surface area contributed by atoms with E-state index < -0.39 is 0 Å². The van der Waals surface area contributed by atoms with Crippen molar-refractivity contribution < 1.29 is 4.39 Å². The number of hydrogen-bond donors (Lipinski definition) is 0. The van der Waals surface area contributed by atoms with E-state index in [0.29, 0.717) is 11.3 Å². The molecule has 1 aromatic carbocycles. The molecule has 0 heterocycles. The van der Waals surface area contributed by atoms with Crippen molar-refractivity contribution in [1.29, 1.82) is 0 Å². The highest BCUT2D eigenvalue weighted by atomic mass is 19.1. The van der Waals surface area contributed by atoms with E-state index >= 15 is 0 Å². The molecule has 0 aliphatic rings. The van der Waals surface area contributed by atoms with Crippen LogP contribution in [0.2, 0.25) is 0 Å². The predicted molar refractivity (Wildman–Crippen MR) is 121 cm³/mol. The quantitative estimate of drug-likeness (QED) is 0.465. The Labute approximate surface area is 165 Å². The first kappa shape index (κ1) is 29.6. The van der Waals surface area contributed by atoms with E-state index in [9.17, 15) is 4.39 Å². The summed E-state index contributed by atoms with van der Waals surface area (Å²) in [4.78, 5) is 0. The molecule has 0 N–H and O–H groups in total. The SMILES string of the molecule is CC.CC.CC=C(C)C(C)(C)C.CCCCC(C)c1ccc(F)c(C)c1. The highest BCUT2D eigenvalue weighted by Gasteiger charge is 2.10. The minimum atomic E-state index is -0.101. The van der Waals surface area contributed by atoms with Gasteiger partial charge >= 0.3 is 0 Å². The molecule has 0 spiro atoms. The van der Waals surface area contributed by atoms with E-state index in [1.165, 1.54) is 30.4 Å². The van der Waals surface area contributed by atoms with Gasteiger partial charge in [0, 0.05) is 0 Å². The molecule has 1 rings (SSSR count). The van der Waals surface area contributed by atoms with Crippen molar-refractivity contribution in [3.8, 4) is 0 Å². The second kappa shape index (κ2) is 17.3. The van der Waals surface area contributed by atoms with Gasteiger partial charge in [0.25, 0.3) is 0 Å². The van der Waals surface area contributed by atoms with Gasteiger partial charge < -0.3 is 0 Å². The van der Waals surface area contributed by atoms with Gasteiger partial charge in [-0.2, -0.15) is 0 Å². The molecule has 0 amide bonds. The number of allylic oxidation sites excluding steroid dienone is 2. The number of rotatable bonds is 4. The molecule has 26 heavy (non-hydrogen) atoms. The van der Waals surface area contributed by atoms with E-state index in [0.717, 1.165) is 5.56 Å². The van der Waals surface area contributed by atoms with Crippen LogP contribution in [0.4, 0.5) is 4.39 Å². The monoisotopic (exact) mass is 366 g/mol. The Morgan fingerprint density at radius 1 is 1.12 bits per heavy atom. The number of hydrogen-bond acceptors (Lipinski definition) is 0. The lowest BCUT2D eigenvalue weighted by atomic mass is 9.88. The smallest absolute Gasteiger partial charge is 0.126 e. The summed E-state index contributed by atoms with van der Waals surface area (Å²) < 4.78 is 13.0. The molecular formula is C25H47F. The van der Waals surface area contributed by atoms with Crippen LogP contribution in [0.25, 0.3) is 0 Å². The van der Waals surface area contributed by atoms with Crippen LogP contribution in [0.1, 0.15) is 112 Å². The third-order valence-corrected chi connectivity index (χ3v) is 4.36. The fourth-order valence-corrected chi connectivity index (χ4v) is 2.08.